The molecule has 0 unspecified atom stereocenters. The highest BCUT2D eigenvalue weighted by Crippen LogP contribution is 2.26. The minimum Gasteiger partial charge on any atom is -0.422 e. The number of amides is 1. The molecule has 2 aliphatic heterocycles. The molecule has 2 fully saturated rings. The van der Waals surface area contributed by atoms with Gasteiger partial charge < -0.3 is 23.9 Å². The number of hydrogen-bond acceptors (Lipinski definition) is 7. The van der Waals surface area contributed by atoms with Gasteiger partial charge in [-0.15, -0.1) is 0 Å². The maximum absolute atomic E-state index is 13.0. The van der Waals surface area contributed by atoms with Crippen LogP contribution in [-0.4, -0.2) is 71.7 Å². The number of aryl methyl sites for hydroxylation is 1. The van der Waals surface area contributed by atoms with Gasteiger partial charge in [-0.05, 0) is 64.1 Å². The molecule has 1 amide bonds. The SMILES string of the molecule is Cc1ccc2oc(N3CCN(C(=O)c4ccc(N5CC(OC(C)(C)C)C5)cc4)CC3)nc2n1. The fraction of sp³-hybridized carbons (Fsp3) is 0.480. The molecule has 2 aliphatic rings. The zero-order valence-electron chi connectivity index (χ0n) is 19.7. The maximum atomic E-state index is 13.0. The van der Waals surface area contributed by atoms with Gasteiger partial charge >= 0.3 is 0 Å². The first kappa shape index (κ1) is 21.7. The van der Waals surface area contributed by atoms with E-state index in [1.807, 2.05) is 48.2 Å². The average Bonchev–Trinajstić information content (AvgIpc) is 3.18. The number of oxazole rings is 1. The van der Waals surface area contributed by atoms with Gasteiger partial charge in [0.2, 0.25) is 5.65 Å². The fourth-order valence-electron chi connectivity index (χ4n) is 4.36. The van der Waals surface area contributed by atoms with Crippen LogP contribution in [-0.2, 0) is 4.74 Å². The molecule has 4 heterocycles. The molecule has 3 aromatic rings. The predicted molar refractivity (Wildman–Crippen MR) is 128 cm³/mol. The second kappa shape index (κ2) is 8.33. The first-order valence-corrected chi connectivity index (χ1v) is 11.6. The minimum atomic E-state index is -0.118. The number of benzene rings is 1. The topological polar surface area (TPSA) is 74.9 Å². The van der Waals surface area contributed by atoms with Crippen LogP contribution in [0.25, 0.3) is 11.2 Å². The summed E-state index contributed by atoms with van der Waals surface area (Å²) in [5, 5.41) is 0. The molecule has 0 N–H and O–H groups in total. The lowest BCUT2D eigenvalue weighted by atomic mass is 10.1. The molecule has 8 nitrogen and oxygen atoms in total. The molecule has 0 spiro atoms. The Labute approximate surface area is 194 Å². The third-order valence-electron chi connectivity index (χ3n) is 6.07. The number of pyridine rings is 1. The van der Waals surface area contributed by atoms with Crippen LogP contribution in [0.1, 0.15) is 36.8 Å². The third-order valence-corrected chi connectivity index (χ3v) is 6.07. The Morgan fingerprint density at radius 3 is 2.33 bits per heavy atom. The van der Waals surface area contributed by atoms with E-state index in [-0.39, 0.29) is 17.6 Å². The maximum Gasteiger partial charge on any atom is 0.300 e. The Morgan fingerprint density at radius 1 is 0.970 bits per heavy atom. The van der Waals surface area contributed by atoms with Crippen LogP contribution in [0, 0.1) is 6.92 Å². The van der Waals surface area contributed by atoms with E-state index in [1.165, 1.54) is 0 Å². The summed E-state index contributed by atoms with van der Waals surface area (Å²) >= 11 is 0. The normalized spacial score (nSPS) is 17.5. The number of piperazine rings is 1. The summed E-state index contributed by atoms with van der Waals surface area (Å²) in [4.78, 5) is 28.2. The van der Waals surface area contributed by atoms with E-state index < -0.39 is 0 Å². The van der Waals surface area contributed by atoms with E-state index in [0.29, 0.717) is 43.4 Å². The highest BCUT2D eigenvalue weighted by molar-refractivity contribution is 5.94. The van der Waals surface area contributed by atoms with Crippen molar-refractivity contribution in [1.29, 1.82) is 0 Å². The molecule has 33 heavy (non-hydrogen) atoms. The summed E-state index contributed by atoms with van der Waals surface area (Å²) in [7, 11) is 0. The molecule has 0 radical (unpaired) electrons. The van der Waals surface area contributed by atoms with Crippen LogP contribution in [0.15, 0.2) is 40.8 Å². The van der Waals surface area contributed by atoms with Crippen molar-refractivity contribution in [2.24, 2.45) is 0 Å². The molecule has 0 aliphatic carbocycles. The van der Waals surface area contributed by atoms with E-state index in [9.17, 15) is 4.79 Å². The van der Waals surface area contributed by atoms with Gasteiger partial charge in [-0.1, -0.05) is 0 Å². The van der Waals surface area contributed by atoms with Gasteiger partial charge in [0.05, 0.1) is 11.7 Å². The number of aromatic nitrogens is 2. The van der Waals surface area contributed by atoms with Gasteiger partial charge in [0.15, 0.2) is 5.58 Å². The van der Waals surface area contributed by atoms with Gasteiger partial charge in [-0.2, -0.15) is 4.98 Å². The van der Waals surface area contributed by atoms with E-state index in [1.54, 1.807) is 0 Å². The second-order valence-corrected chi connectivity index (χ2v) is 9.85. The van der Waals surface area contributed by atoms with Crippen LogP contribution >= 0.6 is 0 Å². The molecule has 0 bridgehead atoms. The van der Waals surface area contributed by atoms with Crippen LogP contribution in [0.2, 0.25) is 0 Å². The lowest BCUT2D eigenvalue weighted by Gasteiger charge is -2.43. The quantitative estimate of drug-likeness (QED) is 0.603. The lowest BCUT2D eigenvalue weighted by molar-refractivity contribution is -0.0701. The molecule has 2 saturated heterocycles. The first-order valence-electron chi connectivity index (χ1n) is 11.6. The van der Waals surface area contributed by atoms with Gasteiger partial charge in [0.25, 0.3) is 11.9 Å². The smallest absolute Gasteiger partial charge is 0.300 e. The van der Waals surface area contributed by atoms with Gasteiger partial charge in [0, 0.05) is 56.2 Å². The van der Waals surface area contributed by atoms with Crippen LogP contribution in [0.5, 0.6) is 0 Å². The van der Waals surface area contributed by atoms with Crippen molar-refractivity contribution in [2.45, 2.75) is 39.4 Å². The van der Waals surface area contributed by atoms with Crippen molar-refractivity contribution in [3.8, 4) is 0 Å². The summed E-state index contributed by atoms with van der Waals surface area (Å²) in [6.07, 6.45) is 0.267. The van der Waals surface area contributed by atoms with Gasteiger partial charge in [-0.25, -0.2) is 4.98 Å². The highest BCUT2D eigenvalue weighted by atomic mass is 16.5. The molecule has 0 saturated carbocycles. The average molecular weight is 450 g/mol. The first-order chi connectivity index (χ1) is 15.7. The van der Waals surface area contributed by atoms with Crippen molar-refractivity contribution < 1.29 is 13.9 Å². The molecular formula is C25H31N5O3. The number of hydrogen-bond donors (Lipinski definition) is 0. The predicted octanol–water partition coefficient (Wildman–Crippen LogP) is 3.50. The summed E-state index contributed by atoms with van der Waals surface area (Å²) in [6.45, 7) is 12.6. The van der Waals surface area contributed by atoms with Crippen LogP contribution < -0.4 is 9.80 Å². The molecule has 8 heteroatoms. The number of fused-ring (bicyclic) bond motifs is 1. The van der Waals surface area contributed by atoms with Crippen molar-refractivity contribution >= 4 is 28.8 Å². The van der Waals surface area contributed by atoms with Crippen molar-refractivity contribution in [3.63, 3.8) is 0 Å². The number of anilines is 2. The van der Waals surface area contributed by atoms with Gasteiger partial charge in [0.1, 0.15) is 0 Å². The Bertz CT molecular complexity index is 1140. The summed E-state index contributed by atoms with van der Waals surface area (Å²) < 4.78 is 11.9. The van der Waals surface area contributed by atoms with E-state index in [2.05, 4.69) is 40.5 Å². The molecule has 174 valence electrons. The minimum absolute atomic E-state index is 0.0635. The second-order valence-electron chi connectivity index (χ2n) is 9.85. The van der Waals surface area contributed by atoms with Crippen molar-refractivity contribution in [1.82, 2.24) is 14.9 Å². The largest absolute Gasteiger partial charge is 0.422 e. The van der Waals surface area contributed by atoms with E-state index >= 15 is 0 Å². The van der Waals surface area contributed by atoms with Crippen molar-refractivity contribution in [2.75, 3.05) is 49.1 Å². The number of nitrogens with zero attached hydrogens (tertiary/aromatic N) is 5. The Kier molecular flexibility index (Phi) is 5.48. The number of carbonyl (C=O) groups excluding carboxylic acids is 1. The molecule has 1 aromatic carbocycles. The summed E-state index contributed by atoms with van der Waals surface area (Å²) in [6, 6.07) is 12.3. The van der Waals surface area contributed by atoms with E-state index in [0.717, 1.165) is 30.0 Å². The van der Waals surface area contributed by atoms with E-state index in [4.69, 9.17) is 9.15 Å². The summed E-state index contributed by atoms with van der Waals surface area (Å²) in [5.41, 5.74) is 3.96. The molecule has 2 aromatic heterocycles. The zero-order chi connectivity index (χ0) is 23.2. The number of carbonyl (C=O) groups is 1. The standard InChI is InChI=1S/C25H31N5O3/c1-17-5-10-21-22(26-17)27-24(32-21)29-13-11-28(12-14-29)23(31)18-6-8-19(9-7-18)30-15-20(16-30)33-25(2,3)4/h5-10,20H,11-16H2,1-4H3. The molecule has 5 rings (SSSR count). The highest BCUT2D eigenvalue weighted by Gasteiger charge is 2.31. The van der Waals surface area contributed by atoms with Crippen molar-refractivity contribution in [3.05, 3.63) is 47.7 Å². The van der Waals surface area contributed by atoms with Crippen LogP contribution in [0.4, 0.5) is 11.7 Å². The zero-order valence-corrected chi connectivity index (χ0v) is 19.7. The lowest BCUT2D eigenvalue weighted by Crippen LogP contribution is -2.54. The Hall–Kier alpha value is -3.13. The third kappa shape index (κ3) is 4.66. The molecule has 0 atom stereocenters. The molecular weight excluding hydrogens is 418 g/mol. The Balaban J connectivity index is 1.15. The number of ether oxygens (including phenoxy) is 1. The van der Waals surface area contributed by atoms with Crippen LogP contribution in [0.3, 0.4) is 0 Å². The Morgan fingerprint density at radius 2 is 1.67 bits per heavy atom. The fourth-order valence-corrected chi connectivity index (χ4v) is 4.36. The monoisotopic (exact) mass is 449 g/mol. The number of rotatable bonds is 4. The van der Waals surface area contributed by atoms with Gasteiger partial charge in [-0.3, -0.25) is 4.79 Å². The summed E-state index contributed by atoms with van der Waals surface area (Å²) in [5.74, 6) is 0.0635.